The maximum absolute atomic E-state index is 9.73. The Labute approximate surface area is 108 Å². The van der Waals surface area contributed by atoms with Gasteiger partial charge in [-0.2, -0.15) is 0 Å². The monoisotopic (exact) mass is 244 g/mol. The van der Waals surface area contributed by atoms with Gasteiger partial charge in [0.25, 0.3) is 0 Å². The minimum atomic E-state index is -0.267. The average molecular weight is 244 g/mol. The number of nitrogens with zero attached hydrogens (tertiary/aromatic N) is 1. The van der Waals surface area contributed by atoms with Gasteiger partial charge in [-0.25, -0.2) is 0 Å². The number of nitrogens with one attached hydrogen (secondary N) is 1. The van der Waals surface area contributed by atoms with Crippen molar-refractivity contribution >= 4 is 0 Å². The molecule has 0 amide bonds. The molecule has 0 bridgehead atoms. The van der Waals surface area contributed by atoms with E-state index in [1.165, 1.54) is 25.7 Å². The fraction of sp³-hybridized carbons (Fsp3) is 1.00. The van der Waals surface area contributed by atoms with Crippen LogP contribution in [-0.4, -0.2) is 49.8 Å². The first-order chi connectivity index (χ1) is 7.87. The Morgan fingerprint density at radius 1 is 1.24 bits per heavy atom. The van der Waals surface area contributed by atoms with E-state index in [9.17, 15) is 5.11 Å². The minimum absolute atomic E-state index is 0.267. The molecule has 0 spiro atoms. The molecule has 0 fully saturated rings. The lowest BCUT2D eigenvalue weighted by Crippen LogP contribution is -2.38. The Morgan fingerprint density at radius 3 is 2.41 bits per heavy atom. The van der Waals surface area contributed by atoms with Gasteiger partial charge in [-0.15, -0.1) is 0 Å². The van der Waals surface area contributed by atoms with E-state index in [0.717, 1.165) is 13.1 Å². The first kappa shape index (κ1) is 16.9. The third-order valence-electron chi connectivity index (χ3n) is 3.02. The molecule has 0 saturated heterocycles. The first-order valence-electron chi connectivity index (χ1n) is 6.91. The summed E-state index contributed by atoms with van der Waals surface area (Å²) in [6, 6.07) is 0. The number of likely N-dealkylation sites (N-methyl/N-ethyl adjacent to an activating group) is 1. The Hall–Kier alpha value is -0.120. The quantitative estimate of drug-likeness (QED) is 0.578. The van der Waals surface area contributed by atoms with Crippen molar-refractivity contribution in [3.63, 3.8) is 0 Å². The van der Waals surface area contributed by atoms with E-state index in [1.807, 2.05) is 19.0 Å². The van der Waals surface area contributed by atoms with E-state index >= 15 is 0 Å². The Kier molecular flexibility index (Phi) is 8.83. The van der Waals surface area contributed by atoms with Crippen molar-refractivity contribution in [2.75, 3.05) is 33.7 Å². The molecular formula is C14H32N2O. The van der Waals surface area contributed by atoms with Crippen molar-refractivity contribution in [2.45, 2.75) is 52.6 Å². The average Bonchev–Trinajstić information content (AvgIpc) is 2.16. The van der Waals surface area contributed by atoms with E-state index < -0.39 is 0 Å². The number of aliphatic hydroxyl groups is 1. The number of hydrogen-bond acceptors (Lipinski definition) is 3. The van der Waals surface area contributed by atoms with Gasteiger partial charge in [-0.05, 0) is 25.9 Å². The Morgan fingerprint density at radius 2 is 1.88 bits per heavy atom. The second kappa shape index (κ2) is 8.90. The molecule has 0 aromatic heterocycles. The van der Waals surface area contributed by atoms with Crippen LogP contribution in [0.1, 0.15) is 46.5 Å². The second-order valence-electron chi connectivity index (χ2n) is 6.17. The van der Waals surface area contributed by atoms with Gasteiger partial charge in [0.15, 0.2) is 0 Å². The third kappa shape index (κ3) is 10.7. The normalized spacial score (nSPS) is 14.3. The van der Waals surface area contributed by atoms with E-state index in [2.05, 4.69) is 26.1 Å². The minimum Gasteiger partial charge on any atom is -0.390 e. The summed E-state index contributed by atoms with van der Waals surface area (Å²) in [6.45, 7) is 9.24. The summed E-state index contributed by atoms with van der Waals surface area (Å²) in [5.41, 5.74) is 0.340. The Balaban J connectivity index is 3.63. The van der Waals surface area contributed by atoms with Crippen molar-refractivity contribution in [1.82, 2.24) is 10.2 Å². The van der Waals surface area contributed by atoms with Crippen molar-refractivity contribution in [3.05, 3.63) is 0 Å². The summed E-state index contributed by atoms with van der Waals surface area (Å²) in [7, 11) is 3.97. The second-order valence-corrected chi connectivity index (χ2v) is 6.17. The van der Waals surface area contributed by atoms with Crippen LogP contribution >= 0.6 is 0 Å². The van der Waals surface area contributed by atoms with Gasteiger partial charge >= 0.3 is 0 Å². The van der Waals surface area contributed by atoms with Crippen LogP contribution in [0.15, 0.2) is 0 Å². The van der Waals surface area contributed by atoms with Crippen LogP contribution in [0.2, 0.25) is 0 Å². The summed E-state index contributed by atoms with van der Waals surface area (Å²) in [5, 5.41) is 13.1. The smallest absolute Gasteiger partial charge is 0.0791 e. The molecule has 1 unspecified atom stereocenters. The molecule has 0 aliphatic carbocycles. The van der Waals surface area contributed by atoms with Crippen molar-refractivity contribution in [1.29, 1.82) is 0 Å². The summed E-state index contributed by atoms with van der Waals surface area (Å²) in [5.74, 6) is 0. The maximum atomic E-state index is 9.73. The zero-order valence-electron chi connectivity index (χ0n) is 12.4. The van der Waals surface area contributed by atoms with Gasteiger partial charge < -0.3 is 15.3 Å². The summed E-state index contributed by atoms with van der Waals surface area (Å²) in [6.07, 6.45) is 4.91. The van der Waals surface area contributed by atoms with Crippen LogP contribution in [-0.2, 0) is 0 Å². The van der Waals surface area contributed by atoms with Crippen molar-refractivity contribution < 1.29 is 5.11 Å². The summed E-state index contributed by atoms with van der Waals surface area (Å²) >= 11 is 0. The SMILES string of the molecule is CCCCCC(C)(C)CNCC(O)CN(C)C. The molecule has 3 heteroatoms. The highest BCUT2D eigenvalue weighted by Gasteiger charge is 2.17. The molecule has 0 aliphatic rings. The molecule has 0 heterocycles. The lowest BCUT2D eigenvalue weighted by atomic mass is 9.87. The highest BCUT2D eigenvalue weighted by Crippen LogP contribution is 2.22. The van der Waals surface area contributed by atoms with Crippen LogP contribution in [0.5, 0.6) is 0 Å². The molecule has 104 valence electrons. The lowest BCUT2D eigenvalue weighted by Gasteiger charge is -2.26. The maximum Gasteiger partial charge on any atom is 0.0791 e. The van der Waals surface area contributed by atoms with Gasteiger partial charge in [0.2, 0.25) is 0 Å². The zero-order valence-corrected chi connectivity index (χ0v) is 12.4. The van der Waals surface area contributed by atoms with Gasteiger partial charge in [-0.3, -0.25) is 0 Å². The number of hydrogen-bond donors (Lipinski definition) is 2. The Bertz CT molecular complexity index is 181. The van der Waals surface area contributed by atoms with Crippen molar-refractivity contribution in [3.8, 4) is 0 Å². The molecule has 0 aromatic carbocycles. The molecule has 0 aromatic rings. The predicted octanol–water partition coefficient (Wildman–Crippen LogP) is 2.10. The molecule has 17 heavy (non-hydrogen) atoms. The van der Waals surface area contributed by atoms with Gasteiger partial charge in [-0.1, -0.05) is 40.0 Å². The van der Waals surface area contributed by atoms with Crippen LogP contribution in [0.4, 0.5) is 0 Å². The molecule has 0 rings (SSSR count). The molecule has 2 N–H and O–H groups in total. The highest BCUT2D eigenvalue weighted by molar-refractivity contribution is 4.73. The number of unbranched alkanes of at least 4 members (excludes halogenated alkanes) is 2. The number of aliphatic hydroxyl groups excluding tert-OH is 1. The molecule has 1 atom stereocenters. The molecule has 0 radical (unpaired) electrons. The zero-order chi connectivity index (χ0) is 13.3. The van der Waals surface area contributed by atoms with Gasteiger partial charge in [0.05, 0.1) is 6.10 Å². The fourth-order valence-corrected chi connectivity index (χ4v) is 2.01. The lowest BCUT2D eigenvalue weighted by molar-refractivity contribution is 0.130. The first-order valence-corrected chi connectivity index (χ1v) is 6.91. The largest absolute Gasteiger partial charge is 0.390 e. The predicted molar refractivity (Wildman–Crippen MR) is 75.4 cm³/mol. The highest BCUT2D eigenvalue weighted by atomic mass is 16.3. The summed E-state index contributed by atoms with van der Waals surface area (Å²) < 4.78 is 0. The molecule has 3 nitrogen and oxygen atoms in total. The van der Waals surface area contributed by atoms with Crippen LogP contribution in [0.3, 0.4) is 0 Å². The van der Waals surface area contributed by atoms with E-state index in [1.54, 1.807) is 0 Å². The molecule has 0 saturated carbocycles. The fourth-order valence-electron chi connectivity index (χ4n) is 2.01. The van der Waals surface area contributed by atoms with E-state index in [4.69, 9.17) is 0 Å². The van der Waals surface area contributed by atoms with Crippen LogP contribution < -0.4 is 5.32 Å². The van der Waals surface area contributed by atoms with Crippen LogP contribution in [0, 0.1) is 5.41 Å². The molecule has 0 aliphatic heterocycles. The topological polar surface area (TPSA) is 35.5 Å². The van der Waals surface area contributed by atoms with E-state index in [-0.39, 0.29) is 6.10 Å². The number of rotatable bonds is 10. The van der Waals surface area contributed by atoms with Gasteiger partial charge in [0.1, 0.15) is 0 Å². The van der Waals surface area contributed by atoms with Crippen LogP contribution in [0.25, 0.3) is 0 Å². The standard InChI is InChI=1S/C14H32N2O/c1-6-7-8-9-14(2,3)12-15-10-13(17)11-16(4)5/h13,15,17H,6-12H2,1-5H3. The molecular weight excluding hydrogens is 212 g/mol. The third-order valence-corrected chi connectivity index (χ3v) is 3.02. The van der Waals surface area contributed by atoms with Gasteiger partial charge in [0, 0.05) is 19.6 Å². The van der Waals surface area contributed by atoms with Crippen molar-refractivity contribution in [2.24, 2.45) is 5.41 Å². The summed E-state index contributed by atoms with van der Waals surface area (Å²) in [4.78, 5) is 2.01. The van der Waals surface area contributed by atoms with E-state index in [0.29, 0.717) is 12.0 Å².